The van der Waals surface area contributed by atoms with Crippen LogP contribution in [0.1, 0.15) is 20.3 Å². The molecule has 0 spiro atoms. The van der Waals surface area contributed by atoms with Gasteiger partial charge in [0.1, 0.15) is 0 Å². The maximum Gasteiger partial charge on any atom is 0.364 e. The Bertz CT molecular complexity index is 112. The van der Waals surface area contributed by atoms with E-state index < -0.39 is 0 Å². The number of methoxy groups -OCH3 is 1. The van der Waals surface area contributed by atoms with Gasteiger partial charge in [0.2, 0.25) is 0 Å². The highest BCUT2D eigenvalue weighted by molar-refractivity contribution is 5.73. The summed E-state index contributed by atoms with van der Waals surface area (Å²) >= 11 is 0. The van der Waals surface area contributed by atoms with Crippen LogP contribution in [0.25, 0.3) is 0 Å². The van der Waals surface area contributed by atoms with E-state index in [4.69, 9.17) is 0 Å². The molecule has 0 heterocycles. The van der Waals surface area contributed by atoms with Crippen LogP contribution in [0.15, 0.2) is 0 Å². The molecule has 0 radical (unpaired) electrons. The van der Waals surface area contributed by atoms with Crippen molar-refractivity contribution in [1.29, 1.82) is 0 Å². The van der Waals surface area contributed by atoms with Crippen LogP contribution < -0.4 is 5.73 Å². The average Bonchev–Trinajstić information content (AvgIpc) is 1.85. The number of rotatable bonds is 3. The number of ether oxygens (including phenoxy) is 1. The molecular weight excluding hydrogens is 130 g/mol. The predicted octanol–water partition coefficient (Wildman–Crippen LogP) is -0.184. The van der Waals surface area contributed by atoms with Gasteiger partial charge in [-0.2, -0.15) is 0 Å². The highest BCUT2D eigenvalue weighted by Gasteiger charge is 2.18. The van der Waals surface area contributed by atoms with Gasteiger partial charge in [-0.3, -0.25) is 0 Å². The molecule has 0 rings (SSSR count). The summed E-state index contributed by atoms with van der Waals surface area (Å²) in [6.07, 6.45) is 0.798. The summed E-state index contributed by atoms with van der Waals surface area (Å²) in [7, 11) is 1.39. The predicted molar refractivity (Wildman–Crippen MR) is 38.1 cm³/mol. The first-order valence-electron chi connectivity index (χ1n) is 3.48. The summed E-state index contributed by atoms with van der Waals surface area (Å²) in [5.74, 6) is 0.287. The third-order valence-electron chi connectivity index (χ3n) is 1.29. The molecule has 0 saturated heterocycles. The van der Waals surface area contributed by atoms with Crippen molar-refractivity contribution in [2.24, 2.45) is 5.92 Å². The molecule has 3 nitrogen and oxygen atoms in total. The lowest BCUT2D eigenvalue weighted by atomic mass is 10.1. The average molecular weight is 146 g/mol. The number of carbonyl (C=O) groups is 1. The van der Waals surface area contributed by atoms with Gasteiger partial charge in [-0.15, -0.1) is 0 Å². The largest absolute Gasteiger partial charge is 0.465 e. The fourth-order valence-electron chi connectivity index (χ4n) is 0.832. The minimum Gasteiger partial charge on any atom is -0.465 e. The maximum absolute atomic E-state index is 10.8. The van der Waals surface area contributed by atoms with Crippen LogP contribution in [-0.4, -0.2) is 19.1 Å². The topological polar surface area (TPSA) is 53.9 Å². The van der Waals surface area contributed by atoms with Crippen LogP contribution in [0.5, 0.6) is 0 Å². The Morgan fingerprint density at radius 2 is 2.10 bits per heavy atom. The summed E-state index contributed by atoms with van der Waals surface area (Å²) in [5.41, 5.74) is 3.67. The molecule has 0 aromatic rings. The molecule has 0 aliphatic rings. The Labute approximate surface area is 61.5 Å². The molecule has 0 aromatic carbocycles. The highest BCUT2D eigenvalue weighted by Crippen LogP contribution is 2.01. The molecule has 0 amide bonds. The quantitative estimate of drug-likeness (QED) is 0.561. The van der Waals surface area contributed by atoms with E-state index in [1.54, 1.807) is 0 Å². The van der Waals surface area contributed by atoms with E-state index >= 15 is 0 Å². The highest BCUT2D eigenvalue weighted by atomic mass is 16.5. The van der Waals surface area contributed by atoms with Crippen LogP contribution in [0.3, 0.4) is 0 Å². The number of esters is 1. The second-order valence-corrected chi connectivity index (χ2v) is 2.85. The van der Waals surface area contributed by atoms with Crippen molar-refractivity contribution >= 4 is 5.97 Å². The Balaban J connectivity index is 3.61. The van der Waals surface area contributed by atoms with Gasteiger partial charge >= 0.3 is 5.97 Å². The lowest BCUT2D eigenvalue weighted by Gasteiger charge is -2.07. The molecule has 0 unspecified atom stereocenters. The van der Waals surface area contributed by atoms with Gasteiger partial charge in [0, 0.05) is 6.42 Å². The number of quaternary nitrogens is 1. The first-order valence-corrected chi connectivity index (χ1v) is 3.48. The van der Waals surface area contributed by atoms with Crippen molar-refractivity contribution in [2.75, 3.05) is 7.11 Å². The summed E-state index contributed by atoms with van der Waals surface area (Å²) in [6, 6.07) is -0.204. The maximum atomic E-state index is 10.8. The summed E-state index contributed by atoms with van der Waals surface area (Å²) in [6.45, 7) is 4.11. The zero-order valence-electron chi connectivity index (χ0n) is 6.89. The van der Waals surface area contributed by atoms with E-state index in [9.17, 15) is 4.79 Å². The monoisotopic (exact) mass is 146 g/mol. The molecule has 60 valence electrons. The third-order valence-corrected chi connectivity index (χ3v) is 1.29. The van der Waals surface area contributed by atoms with E-state index in [0.717, 1.165) is 6.42 Å². The Kier molecular flexibility index (Phi) is 4.03. The first-order chi connectivity index (χ1) is 4.57. The second kappa shape index (κ2) is 4.28. The molecule has 10 heavy (non-hydrogen) atoms. The van der Waals surface area contributed by atoms with E-state index in [1.165, 1.54) is 7.11 Å². The number of hydrogen-bond donors (Lipinski definition) is 1. The van der Waals surface area contributed by atoms with Crippen LogP contribution in [0.4, 0.5) is 0 Å². The molecule has 0 aromatic heterocycles. The number of hydrogen-bond acceptors (Lipinski definition) is 2. The molecule has 3 heteroatoms. The molecule has 0 bridgehead atoms. The van der Waals surface area contributed by atoms with Crippen LogP contribution in [0, 0.1) is 5.92 Å². The van der Waals surface area contributed by atoms with Gasteiger partial charge in [-0.25, -0.2) is 4.79 Å². The van der Waals surface area contributed by atoms with E-state index in [1.807, 2.05) is 0 Å². The molecule has 1 atom stereocenters. The zero-order chi connectivity index (χ0) is 8.15. The molecule has 0 aliphatic heterocycles. The van der Waals surface area contributed by atoms with Gasteiger partial charge in [0.25, 0.3) is 0 Å². The van der Waals surface area contributed by atoms with Crippen molar-refractivity contribution in [3.8, 4) is 0 Å². The van der Waals surface area contributed by atoms with Crippen LogP contribution in [0.2, 0.25) is 0 Å². The van der Waals surface area contributed by atoms with Gasteiger partial charge in [-0.05, 0) is 5.92 Å². The third kappa shape index (κ3) is 3.45. The normalized spacial score (nSPS) is 13.3. The van der Waals surface area contributed by atoms with Crippen molar-refractivity contribution in [2.45, 2.75) is 26.3 Å². The minimum atomic E-state index is -0.214. The standard InChI is InChI=1S/C7H15NO2/c1-5(2)4-6(8)7(9)10-3/h5-6H,4,8H2,1-3H3/p+1/t6-/m0/s1. The lowest BCUT2D eigenvalue weighted by molar-refractivity contribution is -0.410. The summed E-state index contributed by atoms with van der Waals surface area (Å²) in [4.78, 5) is 10.8. The van der Waals surface area contributed by atoms with Crippen molar-refractivity contribution in [3.63, 3.8) is 0 Å². The summed E-state index contributed by atoms with van der Waals surface area (Å²) < 4.78 is 4.51. The fraction of sp³-hybridized carbons (Fsp3) is 0.857. The smallest absolute Gasteiger partial charge is 0.364 e. The van der Waals surface area contributed by atoms with Crippen molar-refractivity contribution in [3.05, 3.63) is 0 Å². The number of carbonyl (C=O) groups excluding carboxylic acids is 1. The molecule has 0 fully saturated rings. The SMILES string of the molecule is COC(=O)[C@@H]([NH3+])CC(C)C. The zero-order valence-corrected chi connectivity index (χ0v) is 6.89. The van der Waals surface area contributed by atoms with Gasteiger partial charge in [0.15, 0.2) is 6.04 Å². The molecular formula is C7H16NO2+. The van der Waals surface area contributed by atoms with Crippen molar-refractivity contribution in [1.82, 2.24) is 0 Å². The summed E-state index contributed by atoms with van der Waals surface area (Å²) in [5, 5.41) is 0. The van der Waals surface area contributed by atoms with Crippen molar-refractivity contribution < 1.29 is 15.3 Å². The Hall–Kier alpha value is -0.570. The first kappa shape index (κ1) is 9.43. The molecule has 0 saturated carbocycles. The van der Waals surface area contributed by atoms with Gasteiger partial charge in [-0.1, -0.05) is 13.8 Å². The van der Waals surface area contributed by atoms with E-state index in [-0.39, 0.29) is 12.0 Å². The minimum absolute atomic E-state index is 0.204. The van der Waals surface area contributed by atoms with Crippen LogP contribution >= 0.6 is 0 Å². The Morgan fingerprint density at radius 3 is 2.40 bits per heavy atom. The van der Waals surface area contributed by atoms with Gasteiger partial charge in [0.05, 0.1) is 7.11 Å². The lowest BCUT2D eigenvalue weighted by Crippen LogP contribution is -2.65. The second-order valence-electron chi connectivity index (χ2n) is 2.85. The molecule has 3 N–H and O–H groups in total. The molecule has 0 aliphatic carbocycles. The van der Waals surface area contributed by atoms with Crippen LogP contribution in [-0.2, 0) is 9.53 Å². The Morgan fingerprint density at radius 1 is 1.60 bits per heavy atom. The fourth-order valence-corrected chi connectivity index (χ4v) is 0.832. The van der Waals surface area contributed by atoms with E-state index in [0.29, 0.717) is 5.92 Å². The van der Waals surface area contributed by atoms with E-state index in [2.05, 4.69) is 24.3 Å². The van der Waals surface area contributed by atoms with Gasteiger partial charge < -0.3 is 10.5 Å².